The van der Waals surface area contributed by atoms with Crippen molar-refractivity contribution in [2.24, 2.45) is 5.41 Å². The molecule has 0 unspecified atom stereocenters. The van der Waals surface area contributed by atoms with Crippen LogP contribution in [0, 0.1) is 5.41 Å². The lowest BCUT2D eigenvalue weighted by molar-refractivity contribution is -0.123. The summed E-state index contributed by atoms with van der Waals surface area (Å²) in [4.78, 5) is 27.8. The lowest BCUT2D eigenvalue weighted by Crippen LogP contribution is -2.33. The van der Waals surface area contributed by atoms with Crippen molar-refractivity contribution in [2.45, 2.75) is 46.5 Å². The van der Waals surface area contributed by atoms with Gasteiger partial charge in [-0.1, -0.05) is 51.1 Å². The van der Waals surface area contributed by atoms with E-state index >= 15 is 0 Å². The van der Waals surface area contributed by atoms with E-state index in [4.69, 9.17) is 0 Å². The zero-order chi connectivity index (χ0) is 21.6. The van der Waals surface area contributed by atoms with Crippen molar-refractivity contribution in [3.8, 4) is 0 Å². The molecular weight excluding hydrogens is 374 g/mol. The van der Waals surface area contributed by atoms with Gasteiger partial charge in [0.1, 0.15) is 0 Å². The van der Waals surface area contributed by atoms with E-state index in [-0.39, 0.29) is 11.8 Å². The summed E-state index contributed by atoms with van der Waals surface area (Å²) in [5, 5.41) is 6.01. The second-order valence-electron chi connectivity index (χ2n) is 8.98. The van der Waals surface area contributed by atoms with Crippen molar-refractivity contribution in [3.63, 3.8) is 0 Å². The molecule has 2 N–H and O–H groups in total. The summed E-state index contributed by atoms with van der Waals surface area (Å²) >= 11 is 0. The molecule has 2 aromatic carbocycles. The number of benzene rings is 2. The first-order chi connectivity index (χ1) is 14.3. The second-order valence-corrected chi connectivity index (χ2v) is 8.98. The monoisotopic (exact) mass is 407 g/mol. The van der Waals surface area contributed by atoms with Gasteiger partial charge in [0, 0.05) is 36.4 Å². The maximum Gasteiger partial charge on any atom is 0.253 e. The maximum atomic E-state index is 13.1. The Morgan fingerprint density at radius 3 is 2.33 bits per heavy atom. The van der Waals surface area contributed by atoms with Crippen LogP contribution >= 0.6 is 0 Å². The van der Waals surface area contributed by atoms with Gasteiger partial charge in [0.05, 0.1) is 5.56 Å². The maximum absolute atomic E-state index is 13.1. The van der Waals surface area contributed by atoms with Gasteiger partial charge in [0.2, 0.25) is 5.91 Å². The Kier molecular flexibility index (Phi) is 7.14. The summed E-state index contributed by atoms with van der Waals surface area (Å²) in [5.41, 5.74) is 2.92. The van der Waals surface area contributed by atoms with Gasteiger partial charge < -0.3 is 15.5 Å². The topological polar surface area (TPSA) is 61.4 Å². The molecule has 1 saturated heterocycles. The summed E-state index contributed by atoms with van der Waals surface area (Å²) < 4.78 is 0. The quantitative estimate of drug-likeness (QED) is 0.734. The fourth-order valence-corrected chi connectivity index (χ4v) is 3.59. The fourth-order valence-electron chi connectivity index (χ4n) is 3.59. The lowest BCUT2D eigenvalue weighted by atomic mass is 9.95. The van der Waals surface area contributed by atoms with Crippen LogP contribution in [-0.4, -0.2) is 31.4 Å². The van der Waals surface area contributed by atoms with Gasteiger partial charge in [-0.05, 0) is 49.4 Å². The number of amides is 2. The number of nitrogens with zero attached hydrogens (tertiary/aromatic N) is 1. The van der Waals surface area contributed by atoms with Crippen molar-refractivity contribution < 1.29 is 9.59 Å². The number of hydrogen-bond donors (Lipinski definition) is 2. The number of nitrogens with one attached hydrogen (secondary N) is 2. The summed E-state index contributed by atoms with van der Waals surface area (Å²) in [7, 11) is 0. The molecule has 0 bridgehead atoms. The van der Waals surface area contributed by atoms with Crippen molar-refractivity contribution in [1.82, 2.24) is 5.32 Å². The van der Waals surface area contributed by atoms with Gasteiger partial charge in [0.25, 0.3) is 5.91 Å². The van der Waals surface area contributed by atoms with E-state index in [2.05, 4.69) is 27.7 Å². The van der Waals surface area contributed by atoms with Gasteiger partial charge in [-0.3, -0.25) is 9.59 Å². The van der Waals surface area contributed by atoms with Crippen molar-refractivity contribution >= 4 is 23.2 Å². The van der Waals surface area contributed by atoms with Crippen LogP contribution in [-0.2, 0) is 11.2 Å². The Labute approximate surface area is 179 Å². The number of rotatable bonds is 6. The lowest BCUT2D eigenvalue weighted by Gasteiger charge is -2.30. The Balaban J connectivity index is 1.77. The molecule has 1 aliphatic rings. The summed E-state index contributed by atoms with van der Waals surface area (Å²) in [6.07, 6.45) is 4.29. The average Bonchev–Trinajstić information content (AvgIpc) is 2.74. The molecular formula is C25H33N3O2. The van der Waals surface area contributed by atoms with E-state index in [1.165, 1.54) is 12.0 Å². The van der Waals surface area contributed by atoms with Crippen molar-refractivity contribution in [3.05, 3.63) is 59.7 Å². The van der Waals surface area contributed by atoms with Crippen LogP contribution in [0.15, 0.2) is 48.5 Å². The number of piperidine rings is 1. The minimum Gasteiger partial charge on any atom is -0.371 e. The fraction of sp³-hybridized carbons (Fsp3) is 0.440. The van der Waals surface area contributed by atoms with E-state index in [1.54, 1.807) is 0 Å². The highest BCUT2D eigenvalue weighted by Gasteiger charge is 2.23. The molecule has 3 rings (SSSR count). The number of carbonyl (C=O) groups is 2. The minimum atomic E-state index is -0.496. The first-order valence-electron chi connectivity index (χ1n) is 10.9. The molecule has 1 aliphatic heterocycles. The first-order valence-corrected chi connectivity index (χ1v) is 10.9. The Bertz CT molecular complexity index is 866. The Hall–Kier alpha value is -2.82. The van der Waals surface area contributed by atoms with Crippen LogP contribution in [0.3, 0.4) is 0 Å². The molecule has 1 heterocycles. The number of carbonyl (C=O) groups excluding carboxylic acids is 2. The van der Waals surface area contributed by atoms with Crippen LogP contribution in [0.4, 0.5) is 11.4 Å². The zero-order valence-corrected chi connectivity index (χ0v) is 18.3. The Morgan fingerprint density at radius 1 is 0.967 bits per heavy atom. The summed E-state index contributed by atoms with van der Waals surface area (Å²) in [6.45, 7) is 8.11. The molecule has 2 amide bonds. The second kappa shape index (κ2) is 9.79. The molecule has 160 valence electrons. The molecule has 2 aromatic rings. The predicted molar refractivity (Wildman–Crippen MR) is 123 cm³/mol. The van der Waals surface area contributed by atoms with Crippen molar-refractivity contribution in [2.75, 3.05) is 29.9 Å². The minimum absolute atomic E-state index is 0.0661. The van der Waals surface area contributed by atoms with Crippen LogP contribution in [0.25, 0.3) is 0 Å². The van der Waals surface area contributed by atoms with Crippen LogP contribution in [0.5, 0.6) is 0 Å². The van der Waals surface area contributed by atoms with Crippen LogP contribution in [0.2, 0.25) is 0 Å². The summed E-state index contributed by atoms with van der Waals surface area (Å²) in [5.74, 6) is -0.165. The average molecular weight is 408 g/mol. The van der Waals surface area contributed by atoms with E-state index in [9.17, 15) is 9.59 Å². The molecule has 5 heteroatoms. The Morgan fingerprint density at radius 2 is 1.67 bits per heavy atom. The smallest absolute Gasteiger partial charge is 0.253 e. The molecule has 0 spiro atoms. The zero-order valence-electron chi connectivity index (χ0n) is 18.3. The third-order valence-corrected chi connectivity index (χ3v) is 5.42. The third-order valence-electron chi connectivity index (χ3n) is 5.42. The third kappa shape index (κ3) is 5.85. The van der Waals surface area contributed by atoms with Crippen molar-refractivity contribution in [1.29, 1.82) is 0 Å². The molecule has 1 fully saturated rings. The normalized spacial score (nSPS) is 14.3. The summed E-state index contributed by atoms with van der Waals surface area (Å²) in [6, 6.07) is 15.8. The molecule has 0 aromatic heterocycles. The van der Waals surface area contributed by atoms with Gasteiger partial charge in [-0.15, -0.1) is 0 Å². The molecule has 0 saturated carbocycles. The standard InChI is InChI=1S/C25H33N3O2/c1-25(2,3)24(30)27-20-12-13-22(28-16-8-5-9-17-28)21(18-20)23(29)26-15-14-19-10-6-4-7-11-19/h4,6-7,10-13,18H,5,8-9,14-17H2,1-3H3,(H,26,29)(H,27,30). The molecule has 0 aliphatic carbocycles. The van der Waals surface area contributed by atoms with Gasteiger partial charge in [0.15, 0.2) is 0 Å². The highest BCUT2D eigenvalue weighted by Crippen LogP contribution is 2.28. The molecule has 0 radical (unpaired) electrons. The van der Waals surface area contributed by atoms with E-state index in [0.29, 0.717) is 17.8 Å². The molecule has 0 atom stereocenters. The van der Waals surface area contributed by atoms with Gasteiger partial charge >= 0.3 is 0 Å². The number of hydrogen-bond acceptors (Lipinski definition) is 3. The highest BCUT2D eigenvalue weighted by atomic mass is 16.2. The van der Waals surface area contributed by atoms with Crippen LogP contribution < -0.4 is 15.5 Å². The van der Waals surface area contributed by atoms with Gasteiger partial charge in [-0.25, -0.2) is 0 Å². The van der Waals surface area contributed by atoms with E-state index < -0.39 is 5.41 Å². The van der Waals surface area contributed by atoms with Crippen LogP contribution in [0.1, 0.15) is 56.0 Å². The predicted octanol–water partition coefficient (Wildman–Crippen LogP) is 4.63. The highest BCUT2D eigenvalue weighted by molar-refractivity contribution is 6.02. The van der Waals surface area contributed by atoms with E-state index in [1.807, 2.05) is 57.2 Å². The largest absolute Gasteiger partial charge is 0.371 e. The van der Waals surface area contributed by atoms with E-state index in [0.717, 1.165) is 38.0 Å². The van der Waals surface area contributed by atoms with Gasteiger partial charge in [-0.2, -0.15) is 0 Å². The SMILES string of the molecule is CC(C)(C)C(=O)Nc1ccc(N2CCCCC2)c(C(=O)NCCc2ccccc2)c1. The first kappa shape index (κ1) is 21.9. The number of anilines is 2. The molecule has 5 nitrogen and oxygen atoms in total. The molecule has 30 heavy (non-hydrogen) atoms.